The second-order valence-electron chi connectivity index (χ2n) is 2.97. The number of hydrogen-bond donors (Lipinski definition) is 0. The van der Waals surface area contributed by atoms with Crippen molar-refractivity contribution in [3.63, 3.8) is 0 Å². The van der Waals surface area contributed by atoms with Gasteiger partial charge in [-0.2, -0.15) is 4.68 Å². The number of aromatic nitrogens is 4. The lowest BCUT2D eigenvalue weighted by molar-refractivity contribution is -0.390. The van der Waals surface area contributed by atoms with E-state index in [1.807, 2.05) is 0 Å². The Labute approximate surface area is 97.5 Å². The minimum Gasteiger partial charge on any atom is -0.423 e. The maximum absolute atomic E-state index is 10.5. The van der Waals surface area contributed by atoms with Crippen LogP contribution in [0, 0.1) is 17.0 Å². The van der Waals surface area contributed by atoms with E-state index in [-0.39, 0.29) is 12.4 Å². The number of nitrogens with zero attached hydrogens (tertiary/aromatic N) is 5. The van der Waals surface area contributed by atoms with Gasteiger partial charge in [0.25, 0.3) is 0 Å². The fourth-order valence-electron chi connectivity index (χ4n) is 1.13. The Morgan fingerprint density at radius 3 is 2.88 bits per heavy atom. The van der Waals surface area contributed by atoms with Crippen LogP contribution in [0.3, 0.4) is 0 Å². The van der Waals surface area contributed by atoms with Crippen LogP contribution in [0.15, 0.2) is 15.1 Å². The van der Waals surface area contributed by atoms with Gasteiger partial charge in [-0.3, -0.25) is 0 Å². The van der Waals surface area contributed by atoms with Gasteiger partial charge in [-0.15, -0.1) is 10.2 Å². The highest BCUT2D eigenvalue weighted by Crippen LogP contribution is 2.22. The molecule has 0 aliphatic carbocycles. The molecule has 2 aromatic rings. The summed E-state index contributed by atoms with van der Waals surface area (Å²) in [5, 5.41) is 21.7. The molecule has 2 rings (SSSR count). The summed E-state index contributed by atoms with van der Waals surface area (Å²) in [6.07, 6.45) is 1.48. The van der Waals surface area contributed by atoms with Crippen LogP contribution in [0.5, 0.6) is 0 Å². The van der Waals surface area contributed by atoms with Crippen molar-refractivity contribution in [2.45, 2.75) is 13.5 Å². The van der Waals surface area contributed by atoms with Crippen LogP contribution in [0.4, 0.5) is 5.82 Å². The van der Waals surface area contributed by atoms with E-state index in [2.05, 4.69) is 31.2 Å². The van der Waals surface area contributed by atoms with E-state index in [1.165, 1.54) is 10.9 Å². The second-order valence-corrected chi connectivity index (χ2v) is 3.82. The first-order valence-electron chi connectivity index (χ1n) is 4.22. The van der Waals surface area contributed by atoms with Crippen molar-refractivity contribution in [1.29, 1.82) is 0 Å². The summed E-state index contributed by atoms with van der Waals surface area (Å²) in [6.45, 7) is 1.87. The average molecular weight is 288 g/mol. The molecule has 16 heavy (non-hydrogen) atoms. The average Bonchev–Trinajstić information content (AvgIpc) is 2.73. The first kappa shape index (κ1) is 10.7. The summed E-state index contributed by atoms with van der Waals surface area (Å²) >= 11 is 3.04. The molecular weight excluding hydrogens is 282 g/mol. The fraction of sp³-hybridized carbons (Fsp3) is 0.286. The Morgan fingerprint density at radius 1 is 1.62 bits per heavy atom. The summed E-state index contributed by atoms with van der Waals surface area (Å²) < 4.78 is 6.80. The Kier molecular flexibility index (Phi) is 2.69. The van der Waals surface area contributed by atoms with Gasteiger partial charge in [0, 0.05) is 6.92 Å². The zero-order valence-corrected chi connectivity index (χ0v) is 9.71. The van der Waals surface area contributed by atoms with Gasteiger partial charge < -0.3 is 14.5 Å². The van der Waals surface area contributed by atoms with Crippen LogP contribution in [-0.2, 0) is 6.54 Å². The number of nitro groups is 1. The second kappa shape index (κ2) is 4.00. The van der Waals surface area contributed by atoms with E-state index in [4.69, 9.17) is 4.42 Å². The van der Waals surface area contributed by atoms with E-state index in [1.54, 1.807) is 6.92 Å². The van der Waals surface area contributed by atoms with Gasteiger partial charge in [-0.25, -0.2) is 0 Å². The number of halogens is 1. The molecule has 84 valence electrons. The van der Waals surface area contributed by atoms with Gasteiger partial charge in [-0.1, -0.05) is 0 Å². The summed E-state index contributed by atoms with van der Waals surface area (Å²) in [4.78, 5) is 9.97. The zero-order chi connectivity index (χ0) is 11.7. The molecule has 9 heteroatoms. The first-order chi connectivity index (χ1) is 7.56. The van der Waals surface area contributed by atoms with E-state index in [0.29, 0.717) is 16.3 Å². The summed E-state index contributed by atoms with van der Waals surface area (Å²) in [7, 11) is 0. The van der Waals surface area contributed by atoms with Crippen LogP contribution >= 0.6 is 15.9 Å². The third-order valence-corrected chi connectivity index (χ3v) is 2.30. The molecule has 0 aliphatic rings. The van der Waals surface area contributed by atoms with Crippen molar-refractivity contribution in [2.24, 2.45) is 0 Å². The van der Waals surface area contributed by atoms with E-state index >= 15 is 0 Å². The van der Waals surface area contributed by atoms with Crippen molar-refractivity contribution < 1.29 is 9.34 Å². The van der Waals surface area contributed by atoms with Crippen molar-refractivity contribution in [2.75, 3.05) is 0 Å². The molecule has 2 heterocycles. The van der Waals surface area contributed by atoms with Crippen molar-refractivity contribution in [3.8, 4) is 0 Å². The Balaban J connectivity index is 2.22. The molecule has 0 radical (unpaired) electrons. The third kappa shape index (κ3) is 2.08. The lowest BCUT2D eigenvalue weighted by Gasteiger charge is -1.89. The molecule has 0 spiro atoms. The van der Waals surface area contributed by atoms with E-state index in [0.717, 1.165) is 0 Å². The lowest BCUT2D eigenvalue weighted by atomic mass is 10.6. The minimum absolute atomic E-state index is 0.202. The molecule has 0 N–H and O–H groups in total. The summed E-state index contributed by atoms with van der Waals surface area (Å²) in [5.41, 5.74) is 0. The SMILES string of the molecule is Cc1nnc(Cn2cc(Br)c([N+](=O)[O-])n2)o1. The van der Waals surface area contributed by atoms with Gasteiger partial charge in [0.15, 0.2) is 0 Å². The normalized spacial score (nSPS) is 10.6. The van der Waals surface area contributed by atoms with Gasteiger partial charge >= 0.3 is 5.82 Å². The Morgan fingerprint density at radius 2 is 2.38 bits per heavy atom. The highest BCUT2D eigenvalue weighted by atomic mass is 79.9. The minimum atomic E-state index is -0.570. The molecule has 0 fully saturated rings. The maximum Gasteiger partial charge on any atom is 0.404 e. The molecule has 8 nitrogen and oxygen atoms in total. The molecule has 0 aliphatic heterocycles. The molecule has 0 atom stereocenters. The lowest BCUT2D eigenvalue weighted by Crippen LogP contribution is -2.01. The quantitative estimate of drug-likeness (QED) is 0.623. The number of rotatable bonds is 3. The highest BCUT2D eigenvalue weighted by Gasteiger charge is 2.19. The van der Waals surface area contributed by atoms with Gasteiger partial charge in [0.05, 0.1) is 11.3 Å². The standard InChI is InChI=1S/C7H6BrN5O3/c1-4-9-10-6(16-4)3-12-2-5(8)7(11-12)13(14)15/h2H,3H2,1H3. The first-order valence-corrected chi connectivity index (χ1v) is 5.02. The predicted molar refractivity (Wildman–Crippen MR) is 54.7 cm³/mol. The monoisotopic (exact) mass is 287 g/mol. The van der Waals surface area contributed by atoms with Crippen LogP contribution in [0.1, 0.15) is 11.8 Å². The van der Waals surface area contributed by atoms with Crippen molar-refractivity contribution in [1.82, 2.24) is 20.0 Å². The molecule has 0 bridgehead atoms. The van der Waals surface area contributed by atoms with Crippen molar-refractivity contribution >= 4 is 21.7 Å². The predicted octanol–water partition coefficient (Wildman–Crippen LogP) is 1.29. The van der Waals surface area contributed by atoms with Crippen LogP contribution in [0.25, 0.3) is 0 Å². The molecule has 0 saturated carbocycles. The zero-order valence-electron chi connectivity index (χ0n) is 8.12. The maximum atomic E-state index is 10.5. The Hall–Kier alpha value is -1.77. The molecule has 0 saturated heterocycles. The van der Waals surface area contributed by atoms with Gasteiger partial charge in [0.1, 0.15) is 11.0 Å². The van der Waals surface area contributed by atoms with Crippen LogP contribution in [-0.4, -0.2) is 24.9 Å². The van der Waals surface area contributed by atoms with Crippen molar-refractivity contribution in [3.05, 3.63) is 32.6 Å². The Bertz CT molecular complexity index is 534. The van der Waals surface area contributed by atoms with E-state index in [9.17, 15) is 10.1 Å². The van der Waals surface area contributed by atoms with Gasteiger partial charge in [-0.05, 0) is 20.9 Å². The largest absolute Gasteiger partial charge is 0.423 e. The highest BCUT2D eigenvalue weighted by molar-refractivity contribution is 9.10. The van der Waals surface area contributed by atoms with Crippen LogP contribution < -0.4 is 0 Å². The molecule has 0 amide bonds. The van der Waals surface area contributed by atoms with E-state index < -0.39 is 4.92 Å². The third-order valence-electron chi connectivity index (χ3n) is 1.74. The molecular formula is C7H6BrN5O3. The number of hydrogen-bond acceptors (Lipinski definition) is 6. The molecule has 2 aromatic heterocycles. The molecule has 0 unspecified atom stereocenters. The summed E-state index contributed by atoms with van der Waals surface area (Å²) in [5.74, 6) is 0.550. The van der Waals surface area contributed by atoms with Crippen LogP contribution in [0.2, 0.25) is 0 Å². The topological polar surface area (TPSA) is 99.9 Å². The smallest absolute Gasteiger partial charge is 0.404 e. The fourth-order valence-corrected chi connectivity index (χ4v) is 1.59. The number of aryl methyl sites for hydroxylation is 1. The summed E-state index contributed by atoms with van der Waals surface area (Å²) in [6, 6.07) is 0. The van der Waals surface area contributed by atoms with Gasteiger partial charge in [0.2, 0.25) is 11.8 Å². The molecule has 0 aromatic carbocycles.